The molecule has 1 amide bonds. The Morgan fingerprint density at radius 3 is 2.43 bits per heavy atom. The lowest BCUT2D eigenvalue weighted by atomic mass is 10.1. The minimum absolute atomic E-state index is 0.195. The minimum atomic E-state index is -0.392. The molecule has 160 valence electrons. The van der Waals surface area contributed by atoms with Gasteiger partial charge in [-0.15, -0.1) is 0 Å². The van der Waals surface area contributed by atoms with Gasteiger partial charge < -0.3 is 19.5 Å². The lowest BCUT2D eigenvalue weighted by Gasteiger charge is -2.27. The molecule has 0 radical (unpaired) electrons. The van der Waals surface area contributed by atoms with Gasteiger partial charge in [0.05, 0.1) is 5.52 Å². The van der Waals surface area contributed by atoms with Gasteiger partial charge in [-0.05, 0) is 77.3 Å². The lowest BCUT2D eigenvalue weighted by Crippen LogP contribution is -2.30. The molecule has 3 rings (SSSR count). The van der Waals surface area contributed by atoms with Gasteiger partial charge in [0.2, 0.25) is 0 Å². The molecule has 3 aromatic rings. The molecular weight excluding hydrogens is 380 g/mol. The van der Waals surface area contributed by atoms with Crippen molar-refractivity contribution in [3.63, 3.8) is 0 Å². The van der Waals surface area contributed by atoms with Gasteiger partial charge in [0.1, 0.15) is 0 Å². The van der Waals surface area contributed by atoms with Crippen molar-refractivity contribution in [2.45, 2.75) is 33.4 Å². The predicted molar refractivity (Wildman–Crippen MR) is 122 cm³/mol. The number of carbonyl (C=O) groups is 1. The van der Waals surface area contributed by atoms with Crippen molar-refractivity contribution in [3.8, 4) is 0 Å². The molecule has 7 heteroatoms. The standard InChI is InChI=1S/C23H30N4O3/c1-6-26(16(2)3)19-10-7-17(8-11-19)22(28)24-18-9-12-21-20(15-18)27(23(29)30-21)14-13-25(4)5/h7-12,15-16H,6,13-14H2,1-5H3,(H,24,28). The Kier molecular flexibility index (Phi) is 6.62. The van der Waals surface area contributed by atoms with Crippen LogP contribution in [0.25, 0.3) is 11.1 Å². The second kappa shape index (κ2) is 9.17. The van der Waals surface area contributed by atoms with Crippen LogP contribution in [0.5, 0.6) is 0 Å². The Morgan fingerprint density at radius 2 is 1.83 bits per heavy atom. The van der Waals surface area contributed by atoms with E-state index in [9.17, 15) is 9.59 Å². The number of amides is 1. The molecule has 1 heterocycles. The number of carbonyl (C=O) groups excluding carboxylic acids is 1. The highest BCUT2D eigenvalue weighted by Gasteiger charge is 2.13. The molecule has 7 nitrogen and oxygen atoms in total. The van der Waals surface area contributed by atoms with E-state index in [0.717, 1.165) is 12.2 Å². The molecule has 30 heavy (non-hydrogen) atoms. The molecule has 1 aromatic heterocycles. The Labute approximate surface area is 176 Å². The maximum atomic E-state index is 12.7. The molecule has 0 unspecified atom stereocenters. The number of nitrogens with zero attached hydrogens (tertiary/aromatic N) is 3. The van der Waals surface area contributed by atoms with Crippen LogP contribution < -0.4 is 16.0 Å². The summed E-state index contributed by atoms with van der Waals surface area (Å²) in [6.45, 7) is 8.54. The topological polar surface area (TPSA) is 70.7 Å². The van der Waals surface area contributed by atoms with Crippen LogP contribution in [0.1, 0.15) is 31.1 Å². The van der Waals surface area contributed by atoms with Gasteiger partial charge in [-0.1, -0.05) is 0 Å². The summed E-state index contributed by atoms with van der Waals surface area (Å²) in [7, 11) is 3.90. The predicted octanol–water partition coefficient (Wildman–Crippen LogP) is 3.64. The molecule has 1 N–H and O–H groups in total. The molecule has 0 saturated carbocycles. The number of rotatable bonds is 8. The third kappa shape index (κ3) is 4.74. The summed E-state index contributed by atoms with van der Waals surface area (Å²) < 4.78 is 6.90. The highest BCUT2D eigenvalue weighted by atomic mass is 16.4. The lowest BCUT2D eigenvalue weighted by molar-refractivity contribution is 0.102. The molecule has 0 aliphatic carbocycles. The van der Waals surface area contributed by atoms with Gasteiger partial charge in [0.25, 0.3) is 5.91 Å². The molecule has 0 saturated heterocycles. The Morgan fingerprint density at radius 1 is 1.13 bits per heavy atom. The van der Waals surface area contributed by atoms with Gasteiger partial charge in [0, 0.05) is 42.6 Å². The average molecular weight is 411 g/mol. The summed E-state index contributed by atoms with van der Waals surface area (Å²) in [5.74, 6) is -0.587. The van der Waals surface area contributed by atoms with E-state index >= 15 is 0 Å². The van der Waals surface area contributed by atoms with Crippen molar-refractivity contribution in [3.05, 3.63) is 58.6 Å². The van der Waals surface area contributed by atoms with Crippen molar-refractivity contribution in [1.82, 2.24) is 9.47 Å². The number of likely N-dealkylation sites (N-methyl/N-ethyl adjacent to an activating group) is 1. The highest BCUT2D eigenvalue weighted by Crippen LogP contribution is 2.21. The molecule has 0 aliphatic rings. The van der Waals surface area contributed by atoms with Crippen LogP contribution in [-0.2, 0) is 6.54 Å². The normalized spacial score (nSPS) is 11.4. The van der Waals surface area contributed by atoms with E-state index in [4.69, 9.17) is 4.42 Å². The number of hydrogen-bond donors (Lipinski definition) is 1. The highest BCUT2D eigenvalue weighted by molar-refractivity contribution is 6.05. The Bertz CT molecular complexity index is 1060. The SMILES string of the molecule is CCN(c1ccc(C(=O)Nc2ccc3oc(=O)n(CCN(C)C)c3c2)cc1)C(C)C. The van der Waals surface area contributed by atoms with Crippen molar-refractivity contribution >= 4 is 28.4 Å². The first-order chi connectivity index (χ1) is 14.3. The molecule has 0 aliphatic heterocycles. The second-order valence-electron chi connectivity index (χ2n) is 7.89. The van der Waals surface area contributed by atoms with Crippen LogP contribution in [-0.4, -0.2) is 48.6 Å². The molecule has 0 fully saturated rings. The van der Waals surface area contributed by atoms with E-state index in [1.807, 2.05) is 43.3 Å². The number of anilines is 2. The molecule has 0 spiro atoms. The fraction of sp³-hybridized carbons (Fsp3) is 0.391. The van der Waals surface area contributed by atoms with Crippen LogP contribution in [0.3, 0.4) is 0 Å². The van der Waals surface area contributed by atoms with Crippen molar-refractivity contribution in [2.24, 2.45) is 0 Å². The molecule has 0 atom stereocenters. The molecular formula is C23H30N4O3. The maximum Gasteiger partial charge on any atom is 0.419 e. The summed E-state index contributed by atoms with van der Waals surface area (Å²) in [5, 5.41) is 2.92. The summed E-state index contributed by atoms with van der Waals surface area (Å²) in [5.41, 5.74) is 3.47. The van der Waals surface area contributed by atoms with Crippen LogP contribution in [0, 0.1) is 0 Å². The zero-order valence-corrected chi connectivity index (χ0v) is 18.3. The van der Waals surface area contributed by atoms with E-state index in [1.54, 1.807) is 22.8 Å². The smallest absolute Gasteiger partial charge is 0.408 e. The second-order valence-corrected chi connectivity index (χ2v) is 7.89. The van der Waals surface area contributed by atoms with Crippen molar-refractivity contribution < 1.29 is 9.21 Å². The van der Waals surface area contributed by atoms with Gasteiger partial charge in [-0.2, -0.15) is 0 Å². The van der Waals surface area contributed by atoms with Crippen molar-refractivity contribution in [1.29, 1.82) is 0 Å². The van der Waals surface area contributed by atoms with E-state index in [0.29, 0.717) is 41.5 Å². The summed E-state index contributed by atoms with van der Waals surface area (Å²) in [6.07, 6.45) is 0. The third-order valence-corrected chi connectivity index (χ3v) is 5.12. The number of oxazole rings is 1. The number of aromatic nitrogens is 1. The Hall–Kier alpha value is -3.06. The number of benzene rings is 2. The fourth-order valence-electron chi connectivity index (χ4n) is 3.51. The first-order valence-corrected chi connectivity index (χ1v) is 10.3. The largest absolute Gasteiger partial charge is 0.419 e. The van der Waals surface area contributed by atoms with E-state index in [1.165, 1.54) is 0 Å². The first-order valence-electron chi connectivity index (χ1n) is 10.3. The van der Waals surface area contributed by atoms with Crippen LogP contribution in [0.4, 0.5) is 11.4 Å². The van der Waals surface area contributed by atoms with Gasteiger partial charge in [-0.25, -0.2) is 4.79 Å². The Balaban J connectivity index is 1.79. The number of nitrogens with one attached hydrogen (secondary N) is 1. The number of hydrogen-bond acceptors (Lipinski definition) is 5. The van der Waals surface area contributed by atoms with Gasteiger partial charge in [0.15, 0.2) is 5.58 Å². The number of fused-ring (bicyclic) bond motifs is 1. The quantitative estimate of drug-likeness (QED) is 0.614. The monoisotopic (exact) mass is 410 g/mol. The summed E-state index contributed by atoms with van der Waals surface area (Å²) in [6, 6.07) is 13.2. The zero-order chi connectivity index (χ0) is 21.8. The van der Waals surface area contributed by atoms with Crippen LogP contribution in [0.15, 0.2) is 51.7 Å². The van der Waals surface area contributed by atoms with Crippen LogP contribution in [0.2, 0.25) is 0 Å². The fourth-order valence-corrected chi connectivity index (χ4v) is 3.51. The van der Waals surface area contributed by atoms with Gasteiger partial charge >= 0.3 is 5.76 Å². The molecule has 0 bridgehead atoms. The summed E-state index contributed by atoms with van der Waals surface area (Å²) in [4.78, 5) is 29.1. The first kappa shape index (κ1) is 21.6. The zero-order valence-electron chi connectivity index (χ0n) is 18.3. The van der Waals surface area contributed by atoms with Crippen LogP contribution >= 0.6 is 0 Å². The van der Waals surface area contributed by atoms with E-state index in [-0.39, 0.29) is 5.91 Å². The summed E-state index contributed by atoms with van der Waals surface area (Å²) >= 11 is 0. The van der Waals surface area contributed by atoms with Crippen molar-refractivity contribution in [2.75, 3.05) is 37.4 Å². The van der Waals surface area contributed by atoms with E-state index < -0.39 is 5.76 Å². The minimum Gasteiger partial charge on any atom is -0.408 e. The van der Waals surface area contributed by atoms with Gasteiger partial charge in [-0.3, -0.25) is 9.36 Å². The van der Waals surface area contributed by atoms with E-state index in [2.05, 4.69) is 31.0 Å². The average Bonchev–Trinajstić information content (AvgIpc) is 3.01. The molecule has 2 aromatic carbocycles. The third-order valence-electron chi connectivity index (χ3n) is 5.12. The maximum absolute atomic E-state index is 12.7.